The molecule has 0 saturated carbocycles. The van der Waals surface area contributed by atoms with Gasteiger partial charge in [0, 0.05) is 33.4 Å². The van der Waals surface area contributed by atoms with Crippen LogP contribution >= 0.6 is 0 Å². The summed E-state index contributed by atoms with van der Waals surface area (Å²) in [4.78, 5) is 2.57. The molecule has 9 aromatic carbocycles. The van der Waals surface area contributed by atoms with Gasteiger partial charge in [-0.05, 0) is 135 Å². The van der Waals surface area contributed by atoms with Crippen LogP contribution in [-0.2, 0) is 5.41 Å². The zero-order valence-electron chi connectivity index (χ0n) is 35.6. The third-order valence-corrected chi connectivity index (χ3v) is 14.4. The van der Waals surface area contributed by atoms with Crippen LogP contribution in [0.2, 0.25) is 0 Å². The van der Waals surface area contributed by atoms with Crippen LogP contribution in [0.5, 0.6) is 0 Å². The molecular formula is C62H44N2. The third-order valence-electron chi connectivity index (χ3n) is 14.4. The van der Waals surface area contributed by atoms with Gasteiger partial charge in [0.2, 0.25) is 0 Å². The molecule has 0 amide bonds. The predicted molar refractivity (Wildman–Crippen MR) is 268 cm³/mol. The van der Waals surface area contributed by atoms with E-state index in [1.54, 1.807) is 0 Å². The SMILES string of the molecule is CC12CC=CC=C1c1cc(-c3ccc4c(c3)c3cc5c(cc3n4-c3ccccc3)-c3ccccc3C5(c3ccccc3)c3ccccc3)ccc1N2c1ccc(-c2ccccc2)cc1. The molecule has 2 heterocycles. The van der Waals surface area contributed by atoms with E-state index < -0.39 is 5.41 Å². The van der Waals surface area contributed by atoms with Crippen LogP contribution < -0.4 is 4.90 Å². The molecular weight excluding hydrogens is 773 g/mol. The van der Waals surface area contributed by atoms with E-state index in [-0.39, 0.29) is 5.54 Å². The standard InChI is InChI=1S/C62H44N2/c1-61-37-17-16-27-55(61)54-39-45(32-36-59(54)64(61)49-33-29-43(30-34-49)42-18-6-2-7-19-42)44-31-35-58-52(38-44)53-40-57-51(41-60(53)63(58)48-24-12-5-13-25-48)50-26-14-15-28-56(50)62(57,46-20-8-3-9-21-46)47-22-10-4-11-23-47/h2-36,38-41H,37H2,1H3. The molecule has 13 rings (SSSR count). The first kappa shape index (κ1) is 36.7. The zero-order valence-corrected chi connectivity index (χ0v) is 35.6. The second-order valence-electron chi connectivity index (χ2n) is 17.8. The van der Waals surface area contributed by atoms with Crippen LogP contribution in [0.4, 0.5) is 11.4 Å². The van der Waals surface area contributed by atoms with E-state index in [0.717, 1.165) is 12.1 Å². The Morgan fingerprint density at radius 3 is 1.75 bits per heavy atom. The number of rotatable bonds is 6. The normalized spacial score (nSPS) is 16.6. The number of nitrogens with zero attached hydrogens (tertiary/aromatic N) is 2. The average molecular weight is 817 g/mol. The van der Waals surface area contributed by atoms with Gasteiger partial charge in [-0.25, -0.2) is 0 Å². The van der Waals surface area contributed by atoms with Crippen LogP contribution in [0.3, 0.4) is 0 Å². The van der Waals surface area contributed by atoms with E-state index in [9.17, 15) is 0 Å². The van der Waals surface area contributed by atoms with Crippen LogP contribution in [-0.4, -0.2) is 10.1 Å². The van der Waals surface area contributed by atoms with Gasteiger partial charge in [-0.1, -0.05) is 176 Å². The van der Waals surface area contributed by atoms with Gasteiger partial charge in [0.1, 0.15) is 0 Å². The molecule has 1 aromatic heterocycles. The van der Waals surface area contributed by atoms with Crippen molar-refractivity contribution in [2.45, 2.75) is 24.3 Å². The Hall–Kier alpha value is -7.94. The van der Waals surface area contributed by atoms with E-state index in [1.807, 2.05) is 0 Å². The van der Waals surface area contributed by atoms with E-state index in [4.69, 9.17) is 0 Å². The minimum Gasteiger partial charge on any atom is -0.331 e. The van der Waals surface area contributed by atoms with Crippen molar-refractivity contribution in [2.75, 3.05) is 4.90 Å². The second-order valence-corrected chi connectivity index (χ2v) is 17.8. The summed E-state index contributed by atoms with van der Waals surface area (Å²) < 4.78 is 2.47. The number of allylic oxidation sites excluding steroid dienone is 2. The number of anilines is 2. The van der Waals surface area contributed by atoms with E-state index in [2.05, 4.69) is 253 Å². The van der Waals surface area contributed by atoms with Crippen LogP contribution in [0.1, 0.15) is 41.2 Å². The monoisotopic (exact) mass is 816 g/mol. The molecule has 2 heteroatoms. The van der Waals surface area contributed by atoms with Crippen LogP contribution in [0.25, 0.3) is 66.4 Å². The summed E-state index contributed by atoms with van der Waals surface area (Å²) in [5.41, 5.74) is 20.7. The highest BCUT2D eigenvalue weighted by atomic mass is 15.2. The second kappa shape index (κ2) is 14.0. The van der Waals surface area contributed by atoms with Gasteiger partial charge in [0.25, 0.3) is 0 Å². The van der Waals surface area contributed by atoms with Crippen molar-refractivity contribution in [1.82, 2.24) is 4.57 Å². The molecule has 302 valence electrons. The molecule has 0 radical (unpaired) electrons. The Bertz CT molecular complexity index is 3470. The van der Waals surface area contributed by atoms with Crippen molar-refractivity contribution < 1.29 is 0 Å². The highest BCUT2D eigenvalue weighted by Crippen LogP contribution is 2.58. The largest absolute Gasteiger partial charge is 0.331 e. The summed E-state index contributed by atoms with van der Waals surface area (Å²) in [5.74, 6) is 0. The van der Waals surface area contributed by atoms with Crippen molar-refractivity contribution in [3.05, 3.63) is 264 Å². The van der Waals surface area contributed by atoms with Crippen molar-refractivity contribution in [2.24, 2.45) is 0 Å². The summed E-state index contributed by atoms with van der Waals surface area (Å²) in [6, 6.07) is 81.2. The van der Waals surface area contributed by atoms with Gasteiger partial charge in [-0.3, -0.25) is 0 Å². The fraction of sp³-hybridized carbons (Fsp3) is 0.0645. The fourth-order valence-electron chi connectivity index (χ4n) is 11.6. The van der Waals surface area contributed by atoms with Gasteiger partial charge in [-0.15, -0.1) is 0 Å². The maximum Gasteiger partial charge on any atom is 0.0715 e. The summed E-state index contributed by atoms with van der Waals surface area (Å²) in [6.07, 6.45) is 7.83. The lowest BCUT2D eigenvalue weighted by molar-refractivity contribution is 0.607. The van der Waals surface area contributed by atoms with Gasteiger partial charge < -0.3 is 9.47 Å². The van der Waals surface area contributed by atoms with E-state index >= 15 is 0 Å². The lowest BCUT2D eigenvalue weighted by atomic mass is 9.67. The van der Waals surface area contributed by atoms with Gasteiger partial charge in [-0.2, -0.15) is 0 Å². The van der Waals surface area contributed by atoms with Gasteiger partial charge in [0.15, 0.2) is 0 Å². The molecule has 2 nitrogen and oxygen atoms in total. The van der Waals surface area contributed by atoms with Crippen LogP contribution in [0, 0.1) is 0 Å². The maximum atomic E-state index is 2.57. The molecule has 64 heavy (non-hydrogen) atoms. The molecule has 1 unspecified atom stereocenters. The van der Waals surface area contributed by atoms with Crippen molar-refractivity contribution in [3.8, 4) is 39.1 Å². The Balaban J connectivity index is 1.01. The van der Waals surface area contributed by atoms with Gasteiger partial charge >= 0.3 is 0 Å². The number of hydrogen-bond donors (Lipinski definition) is 0. The number of aromatic nitrogens is 1. The summed E-state index contributed by atoms with van der Waals surface area (Å²) in [6.45, 7) is 2.40. The first-order chi connectivity index (χ1) is 31.6. The average Bonchev–Trinajstić information content (AvgIpc) is 3.94. The van der Waals surface area contributed by atoms with E-state index in [1.165, 1.54) is 100.0 Å². The molecule has 0 saturated heterocycles. The quantitative estimate of drug-likeness (QED) is 0.162. The first-order valence-electron chi connectivity index (χ1n) is 22.5. The highest BCUT2D eigenvalue weighted by molar-refractivity contribution is 6.13. The molecule has 3 aliphatic rings. The molecule has 10 aromatic rings. The van der Waals surface area contributed by atoms with Crippen molar-refractivity contribution in [1.29, 1.82) is 0 Å². The molecule has 1 atom stereocenters. The number of hydrogen-bond acceptors (Lipinski definition) is 1. The summed E-state index contributed by atoms with van der Waals surface area (Å²) in [7, 11) is 0. The molecule has 0 N–H and O–H groups in total. The Kier molecular flexibility index (Phi) is 8.05. The summed E-state index contributed by atoms with van der Waals surface area (Å²) in [5, 5.41) is 2.50. The topological polar surface area (TPSA) is 8.17 Å². The smallest absolute Gasteiger partial charge is 0.0715 e. The molecule has 0 spiro atoms. The lowest BCUT2D eigenvalue weighted by Crippen LogP contribution is -2.40. The van der Waals surface area contributed by atoms with Crippen molar-refractivity contribution in [3.63, 3.8) is 0 Å². The number of para-hydroxylation sites is 1. The molecule has 2 aliphatic carbocycles. The van der Waals surface area contributed by atoms with Gasteiger partial charge in [0.05, 0.1) is 22.0 Å². The Labute approximate surface area is 374 Å². The number of benzene rings is 9. The predicted octanol–water partition coefficient (Wildman–Crippen LogP) is 15.7. The third kappa shape index (κ3) is 5.20. The first-order valence-corrected chi connectivity index (χ1v) is 22.5. The zero-order chi connectivity index (χ0) is 42.4. The van der Waals surface area contributed by atoms with Crippen molar-refractivity contribution >= 4 is 38.8 Å². The molecule has 0 fully saturated rings. The maximum absolute atomic E-state index is 2.57. The Morgan fingerprint density at radius 1 is 0.422 bits per heavy atom. The lowest BCUT2D eigenvalue weighted by Gasteiger charge is -2.39. The van der Waals surface area contributed by atoms with Crippen LogP contribution in [0.15, 0.2) is 237 Å². The van der Waals surface area contributed by atoms with E-state index in [0.29, 0.717) is 0 Å². The minimum atomic E-state index is -0.482. The number of fused-ring (bicyclic) bond motifs is 9. The molecule has 0 bridgehead atoms. The fourth-order valence-corrected chi connectivity index (χ4v) is 11.6. The summed E-state index contributed by atoms with van der Waals surface area (Å²) >= 11 is 0. The molecule has 1 aliphatic heterocycles. The highest BCUT2D eigenvalue weighted by Gasteiger charge is 2.47. The Morgan fingerprint density at radius 2 is 1.02 bits per heavy atom. The minimum absolute atomic E-state index is 0.195.